The van der Waals surface area contributed by atoms with Crippen molar-refractivity contribution in [3.63, 3.8) is 0 Å². The second-order valence-electron chi connectivity index (χ2n) is 8.59. The van der Waals surface area contributed by atoms with Crippen molar-refractivity contribution in [3.8, 4) is 16.8 Å². The van der Waals surface area contributed by atoms with Crippen molar-refractivity contribution >= 4 is 5.82 Å². The quantitative estimate of drug-likeness (QED) is 0.591. The Morgan fingerprint density at radius 3 is 2.64 bits per heavy atom. The number of anilines is 1. The third kappa shape index (κ3) is 5.44. The molecule has 0 bridgehead atoms. The van der Waals surface area contributed by atoms with Crippen molar-refractivity contribution in [2.24, 2.45) is 5.92 Å². The summed E-state index contributed by atoms with van der Waals surface area (Å²) in [5.41, 5.74) is -0.107. The summed E-state index contributed by atoms with van der Waals surface area (Å²) in [4.78, 5) is 16.3. The van der Waals surface area contributed by atoms with Crippen molar-refractivity contribution in [1.29, 1.82) is 0 Å². The van der Waals surface area contributed by atoms with E-state index >= 15 is 0 Å². The van der Waals surface area contributed by atoms with Crippen LogP contribution in [0.2, 0.25) is 0 Å². The van der Waals surface area contributed by atoms with Crippen LogP contribution in [0.25, 0.3) is 16.8 Å². The number of nitrogens with one attached hydrogen (secondary N) is 1. The average molecular weight is 461 g/mol. The van der Waals surface area contributed by atoms with E-state index in [0.29, 0.717) is 25.4 Å². The fourth-order valence-corrected chi connectivity index (χ4v) is 3.84. The molecule has 0 aliphatic carbocycles. The minimum Gasteiger partial charge on any atom is -0.381 e. The Bertz CT molecular complexity index is 1160. The van der Waals surface area contributed by atoms with Gasteiger partial charge in [0.2, 0.25) is 0 Å². The highest BCUT2D eigenvalue weighted by atomic mass is 19.4. The second kappa shape index (κ2) is 9.38. The Morgan fingerprint density at radius 1 is 1.18 bits per heavy atom. The third-order valence-electron chi connectivity index (χ3n) is 5.47. The van der Waals surface area contributed by atoms with Crippen LogP contribution in [0.5, 0.6) is 0 Å². The molecule has 0 radical (unpaired) electrons. The predicted octanol–water partition coefficient (Wildman–Crippen LogP) is 4.36. The zero-order valence-corrected chi connectivity index (χ0v) is 18.5. The Morgan fingerprint density at radius 2 is 1.94 bits per heavy atom. The monoisotopic (exact) mass is 461 g/mol. The smallest absolute Gasteiger partial charge is 0.381 e. The Labute approximate surface area is 189 Å². The molecule has 1 N–H and O–H groups in total. The molecule has 4 rings (SSSR count). The zero-order valence-electron chi connectivity index (χ0n) is 18.5. The number of hydrogen-bond donors (Lipinski definition) is 1. The molecule has 0 unspecified atom stereocenters. The standard InChI is InChI=1S/C23H26F3N5O2/c1-15(2)12-30-14-18(3-4-22(30)32)31-13-16(10-28-31)19-11-27-21(9-20(19)23(24,25)26)29-17-5-7-33-8-6-17/h3-4,9-11,13-15,17H,5-8,12H2,1-2H3,(H,27,29). The molecule has 0 amide bonds. The van der Waals surface area contributed by atoms with Crippen LogP contribution in [0, 0.1) is 5.92 Å². The molecule has 33 heavy (non-hydrogen) atoms. The van der Waals surface area contributed by atoms with Crippen LogP contribution in [0.1, 0.15) is 32.3 Å². The molecule has 0 spiro atoms. The van der Waals surface area contributed by atoms with E-state index in [1.165, 1.54) is 29.3 Å². The van der Waals surface area contributed by atoms with Gasteiger partial charge in [0, 0.05) is 61.6 Å². The number of nitrogens with zero attached hydrogens (tertiary/aromatic N) is 4. The van der Waals surface area contributed by atoms with E-state index in [2.05, 4.69) is 15.4 Å². The Balaban J connectivity index is 1.65. The van der Waals surface area contributed by atoms with E-state index in [0.717, 1.165) is 18.9 Å². The number of ether oxygens (including phenoxy) is 1. The van der Waals surface area contributed by atoms with Crippen molar-refractivity contribution in [1.82, 2.24) is 19.3 Å². The first kappa shape index (κ1) is 23.0. The van der Waals surface area contributed by atoms with Gasteiger partial charge in [-0.1, -0.05) is 13.8 Å². The lowest BCUT2D eigenvalue weighted by Crippen LogP contribution is -2.28. The van der Waals surface area contributed by atoms with Crippen LogP contribution < -0.4 is 10.9 Å². The van der Waals surface area contributed by atoms with Gasteiger partial charge in [-0.3, -0.25) is 4.79 Å². The molecule has 0 aromatic carbocycles. The maximum atomic E-state index is 13.9. The molecule has 10 heteroatoms. The van der Waals surface area contributed by atoms with Crippen LogP contribution in [0.15, 0.2) is 47.8 Å². The lowest BCUT2D eigenvalue weighted by Gasteiger charge is -2.24. The molecular weight excluding hydrogens is 435 g/mol. The summed E-state index contributed by atoms with van der Waals surface area (Å²) in [6.07, 6.45) is 2.64. The molecule has 0 saturated carbocycles. The van der Waals surface area contributed by atoms with Gasteiger partial charge in [-0.25, -0.2) is 9.67 Å². The highest BCUT2D eigenvalue weighted by Gasteiger charge is 2.35. The van der Waals surface area contributed by atoms with Crippen molar-refractivity contribution in [2.45, 2.75) is 45.5 Å². The third-order valence-corrected chi connectivity index (χ3v) is 5.47. The second-order valence-corrected chi connectivity index (χ2v) is 8.59. The number of alkyl halides is 3. The van der Waals surface area contributed by atoms with E-state index in [4.69, 9.17) is 4.74 Å². The number of hydrogen-bond acceptors (Lipinski definition) is 5. The van der Waals surface area contributed by atoms with Crippen molar-refractivity contribution in [2.75, 3.05) is 18.5 Å². The van der Waals surface area contributed by atoms with Crippen LogP contribution >= 0.6 is 0 Å². The van der Waals surface area contributed by atoms with Crippen LogP contribution in [0.4, 0.5) is 19.0 Å². The van der Waals surface area contributed by atoms with E-state index < -0.39 is 11.7 Å². The summed E-state index contributed by atoms with van der Waals surface area (Å²) >= 11 is 0. The first-order valence-electron chi connectivity index (χ1n) is 10.9. The molecule has 1 aliphatic heterocycles. The van der Waals surface area contributed by atoms with Gasteiger partial charge in [0.1, 0.15) is 5.82 Å². The maximum Gasteiger partial charge on any atom is 0.417 e. The molecular formula is C23H26F3N5O2. The molecule has 4 heterocycles. The molecule has 7 nitrogen and oxygen atoms in total. The van der Waals surface area contributed by atoms with Gasteiger partial charge < -0.3 is 14.6 Å². The van der Waals surface area contributed by atoms with E-state index in [1.807, 2.05) is 13.8 Å². The summed E-state index contributed by atoms with van der Waals surface area (Å²) in [5.74, 6) is 0.450. The Hall–Kier alpha value is -3.14. The molecule has 1 saturated heterocycles. The van der Waals surface area contributed by atoms with Crippen molar-refractivity contribution in [3.05, 3.63) is 58.9 Å². The van der Waals surface area contributed by atoms with Gasteiger partial charge in [0.25, 0.3) is 5.56 Å². The number of aromatic nitrogens is 4. The van der Waals surface area contributed by atoms with Crippen LogP contribution in [-0.4, -0.2) is 38.6 Å². The summed E-state index contributed by atoms with van der Waals surface area (Å²) in [6, 6.07) is 4.10. The largest absolute Gasteiger partial charge is 0.417 e. The minimum atomic E-state index is -4.56. The summed E-state index contributed by atoms with van der Waals surface area (Å²) in [5, 5.41) is 7.31. The van der Waals surface area contributed by atoms with Gasteiger partial charge in [0.15, 0.2) is 0 Å². The van der Waals surface area contributed by atoms with Gasteiger partial charge in [-0.2, -0.15) is 18.3 Å². The SMILES string of the molecule is CC(C)Cn1cc(-n2cc(-c3cnc(NC4CCOCC4)cc3C(F)(F)F)cn2)ccc1=O. The van der Waals surface area contributed by atoms with E-state index in [-0.39, 0.29) is 34.5 Å². The molecule has 3 aromatic heterocycles. The van der Waals surface area contributed by atoms with E-state index in [1.54, 1.807) is 16.8 Å². The molecule has 3 aromatic rings. The van der Waals surface area contributed by atoms with Gasteiger partial charge in [-0.15, -0.1) is 0 Å². The normalized spacial score (nSPS) is 15.2. The zero-order chi connectivity index (χ0) is 23.6. The molecule has 0 atom stereocenters. The number of pyridine rings is 2. The predicted molar refractivity (Wildman–Crippen MR) is 118 cm³/mol. The Kier molecular flexibility index (Phi) is 6.55. The van der Waals surface area contributed by atoms with E-state index in [9.17, 15) is 18.0 Å². The average Bonchev–Trinajstić information content (AvgIpc) is 3.25. The number of halogens is 3. The van der Waals surface area contributed by atoms with Gasteiger partial charge >= 0.3 is 6.18 Å². The topological polar surface area (TPSA) is 74.0 Å². The number of rotatable bonds is 6. The van der Waals surface area contributed by atoms with Gasteiger partial charge in [0.05, 0.1) is 17.4 Å². The molecule has 1 aliphatic rings. The summed E-state index contributed by atoms with van der Waals surface area (Å²) < 4.78 is 50.0. The van der Waals surface area contributed by atoms with Crippen LogP contribution in [-0.2, 0) is 17.5 Å². The highest BCUT2D eigenvalue weighted by Crippen LogP contribution is 2.38. The van der Waals surface area contributed by atoms with Gasteiger partial charge in [-0.05, 0) is 30.9 Å². The first-order chi connectivity index (χ1) is 15.7. The maximum absolute atomic E-state index is 13.9. The highest BCUT2D eigenvalue weighted by molar-refractivity contribution is 5.68. The molecule has 1 fully saturated rings. The van der Waals surface area contributed by atoms with Crippen LogP contribution in [0.3, 0.4) is 0 Å². The fourth-order valence-electron chi connectivity index (χ4n) is 3.84. The summed E-state index contributed by atoms with van der Waals surface area (Å²) in [7, 11) is 0. The molecule has 176 valence electrons. The fraction of sp³-hybridized carbons (Fsp3) is 0.435. The minimum absolute atomic E-state index is 0.0301. The summed E-state index contributed by atoms with van der Waals surface area (Å²) in [6.45, 7) is 5.68. The lowest BCUT2D eigenvalue weighted by molar-refractivity contribution is -0.137. The van der Waals surface area contributed by atoms with Crippen molar-refractivity contribution < 1.29 is 17.9 Å². The lowest BCUT2D eigenvalue weighted by atomic mass is 10.0. The first-order valence-corrected chi connectivity index (χ1v) is 10.9.